The zero-order valence-electron chi connectivity index (χ0n) is 14.0. The molecule has 1 atom stereocenters. The summed E-state index contributed by atoms with van der Waals surface area (Å²) in [7, 11) is -3.50. The first-order valence-corrected chi connectivity index (χ1v) is 8.97. The van der Waals surface area contributed by atoms with Crippen LogP contribution in [0.1, 0.15) is 43.9 Å². The van der Waals surface area contributed by atoms with Crippen molar-refractivity contribution >= 4 is 15.7 Å². The van der Waals surface area contributed by atoms with Gasteiger partial charge < -0.3 is 5.73 Å². The maximum Gasteiger partial charge on any atom is 0.243 e. The molecule has 120 valence electrons. The monoisotopic (exact) mass is 312 g/mol. The quantitative estimate of drug-likeness (QED) is 0.820. The molecule has 1 aromatic rings. The zero-order valence-corrected chi connectivity index (χ0v) is 14.8. The first kappa shape index (κ1) is 18.0. The summed E-state index contributed by atoms with van der Waals surface area (Å²) in [6, 6.07) is 1.85. The van der Waals surface area contributed by atoms with E-state index in [9.17, 15) is 8.42 Å². The van der Waals surface area contributed by atoms with Crippen LogP contribution in [0.5, 0.6) is 0 Å². The molecule has 0 fully saturated rings. The van der Waals surface area contributed by atoms with Crippen LogP contribution in [0.25, 0.3) is 0 Å². The predicted molar refractivity (Wildman–Crippen MR) is 89.0 cm³/mol. The predicted octanol–water partition coefficient (Wildman–Crippen LogP) is 3.25. The molecule has 2 N–H and O–H groups in total. The van der Waals surface area contributed by atoms with E-state index in [1.165, 1.54) is 0 Å². The molecule has 0 spiro atoms. The van der Waals surface area contributed by atoms with Crippen molar-refractivity contribution < 1.29 is 8.42 Å². The minimum atomic E-state index is -3.50. The van der Waals surface area contributed by atoms with Gasteiger partial charge in [-0.3, -0.25) is 0 Å². The van der Waals surface area contributed by atoms with E-state index in [4.69, 9.17) is 5.73 Å². The number of rotatable bonds is 6. The zero-order chi connectivity index (χ0) is 16.4. The van der Waals surface area contributed by atoms with E-state index in [1.807, 2.05) is 26.8 Å². The molecule has 4 nitrogen and oxygen atoms in total. The van der Waals surface area contributed by atoms with Gasteiger partial charge in [-0.2, -0.15) is 4.31 Å². The lowest BCUT2D eigenvalue weighted by Gasteiger charge is -2.26. The van der Waals surface area contributed by atoms with Gasteiger partial charge in [0.15, 0.2) is 0 Å². The molecule has 0 aliphatic rings. The number of hydrogen-bond acceptors (Lipinski definition) is 3. The van der Waals surface area contributed by atoms with Crippen LogP contribution in [0, 0.1) is 26.7 Å². The SMILES string of the molecule is CCC(C)CN(CC)S(=O)(=O)c1c(C)cc(C)c(N)c1C. The molecule has 0 saturated heterocycles. The molecule has 1 unspecified atom stereocenters. The Bertz CT molecular complexity index is 609. The Balaban J connectivity index is 3.39. The fourth-order valence-electron chi connectivity index (χ4n) is 2.58. The van der Waals surface area contributed by atoms with Crippen LogP contribution in [0.2, 0.25) is 0 Å². The lowest BCUT2D eigenvalue weighted by atomic mass is 10.1. The summed E-state index contributed by atoms with van der Waals surface area (Å²) in [5, 5.41) is 0. The molecule has 0 amide bonds. The van der Waals surface area contributed by atoms with E-state index in [0.717, 1.165) is 17.5 Å². The minimum Gasteiger partial charge on any atom is -0.398 e. The normalized spacial score (nSPS) is 13.7. The molecule has 0 bridgehead atoms. The fraction of sp³-hybridized carbons (Fsp3) is 0.625. The van der Waals surface area contributed by atoms with Gasteiger partial charge in [-0.1, -0.05) is 33.3 Å². The number of anilines is 1. The number of nitrogens with zero attached hydrogens (tertiary/aromatic N) is 1. The van der Waals surface area contributed by atoms with E-state index in [1.54, 1.807) is 11.2 Å². The minimum absolute atomic E-state index is 0.336. The van der Waals surface area contributed by atoms with Crippen molar-refractivity contribution in [2.45, 2.75) is 52.9 Å². The van der Waals surface area contributed by atoms with Crippen LogP contribution in [0.4, 0.5) is 5.69 Å². The van der Waals surface area contributed by atoms with Crippen LogP contribution in [0.3, 0.4) is 0 Å². The maximum atomic E-state index is 13.0. The molecule has 1 rings (SSSR count). The summed E-state index contributed by atoms with van der Waals surface area (Å²) in [6.07, 6.45) is 0.958. The highest BCUT2D eigenvalue weighted by atomic mass is 32.2. The van der Waals surface area contributed by atoms with Gasteiger partial charge in [-0.05, 0) is 43.4 Å². The van der Waals surface area contributed by atoms with E-state index < -0.39 is 10.0 Å². The Morgan fingerprint density at radius 3 is 2.24 bits per heavy atom. The summed E-state index contributed by atoms with van der Waals surface area (Å²) >= 11 is 0. The molecule has 0 aromatic heterocycles. The highest BCUT2D eigenvalue weighted by molar-refractivity contribution is 7.89. The van der Waals surface area contributed by atoms with Crippen molar-refractivity contribution in [1.29, 1.82) is 0 Å². The largest absolute Gasteiger partial charge is 0.398 e. The van der Waals surface area contributed by atoms with Crippen LogP contribution in [-0.2, 0) is 10.0 Å². The van der Waals surface area contributed by atoms with E-state index in [0.29, 0.717) is 35.2 Å². The average Bonchev–Trinajstić information content (AvgIpc) is 2.41. The summed E-state index contributed by atoms with van der Waals surface area (Å²) in [6.45, 7) is 12.6. The van der Waals surface area contributed by atoms with Crippen LogP contribution in [-0.4, -0.2) is 25.8 Å². The number of nitrogens with two attached hydrogens (primary N) is 1. The Morgan fingerprint density at radius 2 is 1.76 bits per heavy atom. The first-order valence-electron chi connectivity index (χ1n) is 7.53. The highest BCUT2D eigenvalue weighted by Gasteiger charge is 2.28. The van der Waals surface area contributed by atoms with Gasteiger partial charge in [0.2, 0.25) is 10.0 Å². The number of sulfonamides is 1. The van der Waals surface area contributed by atoms with Crippen molar-refractivity contribution in [2.24, 2.45) is 5.92 Å². The van der Waals surface area contributed by atoms with Gasteiger partial charge in [0.25, 0.3) is 0 Å². The van der Waals surface area contributed by atoms with Gasteiger partial charge in [-0.15, -0.1) is 0 Å². The fourth-order valence-corrected chi connectivity index (χ4v) is 4.59. The van der Waals surface area contributed by atoms with Crippen LogP contribution < -0.4 is 5.73 Å². The third-order valence-corrected chi connectivity index (χ3v) is 6.35. The molecule has 21 heavy (non-hydrogen) atoms. The topological polar surface area (TPSA) is 63.4 Å². The van der Waals surface area contributed by atoms with Crippen molar-refractivity contribution in [1.82, 2.24) is 4.31 Å². The Kier molecular flexibility index (Phi) is 5.82. The van der Waals surface area contributed by atoms with E-state index >= 15 is 0 Å². The van der Waals surface area contributed by atoms with Crippen molar-refractivity contribution in [2.75, 3.05) is 18.8 Å². The standard InChI is InChI=1S/C16H28N2O2S/c1-7-11(3)10-18(8-2)21(19,20)16-13(5)9-12(4)15(17)14(16)6/h9,11H,7-8,10,17H2,1-6H3. The van der Waals surface area contributed by atoms with Gasteiger partial charge in [0, 0.05) is 18.8 Å². The first-order chi connectivity index (χ1) is 9.66. The van der Waals surface area contributed by atoms with Crippen molar-refractivity contribution in [3.8, 4) is 0 Å². The molecule has 0 radical (unpaired) electrons. The lowest BCUT2D eigenvalue weighted by Crippen LogP contribution is -2.35. The Hall–Kier alpha value is -1.07. The average molecular weight is 312 g/mol. The maximum absolute atomic E-state index is 13.0. The highest BCUT2D eigenvalue weighted by Crippen LogP contribution is 2.30. The molecular weight excluding hydrogens is 284 g/mol. The molecular formula is C16H28N2O2S. The Morgan fingerprint density at radius 1 is 1.19 bits per heavy atom. The third-order valence-electron chi connectivity index (χ3n) is 4.12. The van der Waals surface area contributed by atoms with E-state index in [2.05, 4.69) is 13.8 Å². The number of benzene rings is 1. The molecule has 0 saturated carbocycles. The van der Waals surface area contributed by atoms with E-state index in [-0.39, 0.29) is 0 Å². The second-order valence-electron chi connectivity index (χ2n) is 5.85. The summed E-state index contributed by atoms with van der Waals surface area (Å²) in [5.74, 6) is 0.336. The third kappa shape index (κ3) is 3.58. The molecule has 1 aromatic carbocycles. The molecule has 0 heterocycles. The Labute approximate surface area is 129 Å². The van der Waals surface area contributed by atoms with Gasteiger partial charge in [-0.25, -0.2) is 8.42 Å². The van der Waals surface area contributed by atoms with Gasteiger partial charge in [0.05, 0.1) is 4.90 Å². The molecule has 5 heteroatoms. The van der Waals surface area contributed by atoms with Crippen molar-refractivity contribution in [3.63, 3.8) is 0 Å². The lowest BCUT2D eigenvalue weighted by molar-refractivity contribution is 0.361. The number of aryl methyl sites for hydroxylation is 2. The second kappa shape index (κ2) is 6.79. The number of nitrogen functional groups attached to an aromatic ring is 1. The van der Waals surface area contributed by atoms with Crippen LogP contribution >= 0.6 is 0 Å². The smallest absolute Gasteiger partial charge is 0.243 e. The number of hydrogen-bond donors (Lipinski definition) is 1. The van der Waals surface area contributed by atoms with Crippen molar-refractivity contribution in [3.05, 3.63) is 22.8 Å². The van der Waals surface area contributed by atoms with Gasteiger partial charge >= 0.3 is 0 Å². The summed E-state index contributed by atoms with van der Waals surface area (Å²) in [5.41, 5.74) is 8.96. The molecule has 0 aliphatic heterocycles. The summed E-state index contributed by atoms with van der Waals surface area (Å²) in [4.78, 5) is 0.371. The molecule has 0 aliphatic carbocycles. The second-order valence-corrected chi connectivity index (χ2v) is 7.72. The van der Waals surface area contributed by atoms with Gasteiger partial charge in [0.1, 0.15) is 0 Å². The summed E-state index contributed by atoms with van der Waals surface area (Å²) < 4.78 is 27.5. The van der Waals surface area contributed by atoms with Crippen LogP contribution in [0.15, 0.2) is 11.0 Å².